The first-order chi connectivity index (χ1) is 21.6. The molecular weight excluding hydrogens is 573 g/mol. The van der Waals surface area contributed by atoms with Crippen LogP contribution in [0.2, 0.25) is 0 Å². The van der Waals surface area contributed by atoms with Crippen LogP contribution in [0.3, 0.4) is 0 Å². The largest absolute Gasteiger partial charge is 0.466 e. The summed E-state index contributed by atoms with van der Waals surface area (Å²) in [7, 11) is 0. The van der Waals surface area contributed by atoms with E-state index in [0.717, 1.165) is 42.4 Å². The highest BCUT2D eigenvalue weighted by atomic mass is 19.1. The Morgan fingerprint density at radius 3 is 2.42 bits per heavy atom. The van der Waals surface area contributed by atoms with Crippen LogP contribution in [-0.4, -0.2) is 40.9 Å². The zero-order valence-electron chi connectivity index (χ0n) is 26.1. The molecule has 8 nitrogen and oxygen atoms in total. The summed E-state index contributed by atoms with van der Waals surface area (Å²) in [6, 6.07) is 21.9. The van der Waals surface area contributed by atoms with Gasteiger partial charge in [0.1, 0.15) is 11.4 Å². The molecule has 1 aliphatic heterocycles. The van der Waals surface area contributed by atoms with Gasteiger partial charge in [-0.05, 0) is 80.8 Å². The van der Waals surface area contributed by atoms with Crippen LogP contribution < -0.4 is 5.32 Å². The predicted molar refractivity (Wildman–Crippen MR) is 170 cm³/mol. The molecular formula is C36H40FN3O5. The van der Waals surface area contributed by atoms with E-state index in [1.807, 2.05) is 54.6 Å². The zero-order chi connectivity index (χ0) is 32.0. The zero-order valence-corrected chi connectivity index (χ0v) is 26.1. The summed E-state index contributed by atoms with van der Waals surface area (Å²) in [5, 5.41) is 8.68. The first kappa shape index (κ1) is 31.9. The van der Waals surface area contributed by atoms with Gasteiger partial charge in [0.15, 0.2) is 6.61 Å². The number of carbonyl (C=O) groups is 3. The number of esters is 1. The Kier molecular flexibility index (Phi) is 9.96. The number of hydrogen-bond donors (Lipinski definition) is 1. The molecule has 3 aromatic rings. The van der Waals surface area contributed by atoms with Crippen molar-refractivity contribution < 1.29 is 28.2 Å². The van der Waals surface area contributed by atoms with Crippen LogP contribution >= 0.6 is 0 Å². The van der Waals surface area contributed by atoms with Gasteiger partial charge in [-0.1, -0.05) is 67.4 Å². The van der Waals surface area contributed by atoms with Crippen molar-refractivity contribution in [3.05, 3.63) is 101 Å². The van der Waals surface area contributed by atoms with Gasteiger partial charge in [-0.15, -0.1) is 5.10 Å². The van der Waals surface area contributed by atoms with Crippen molar-refractivity contribution in [2.75, 3.05) is 11.9 Å². The average Bonchev–Trinajstić information content (AvgIpc) is 3.54. The summed E-state index contributed by atoms with van der Waals surface area (Å²) >= 11 is 0. The third-order valence-electron chi connectivity index (χ3n) is 8.03. The van der Waals surface area contributed by atoms with E-state index >= 15 is 4.39 Å². The molecule has 0 radical (unpaired) electrons. The second-order valence-corrected chi connectivity index (χ2v) is 12.6. The summed E-state index contributed by atoms with van der Waals surface area (Å²) in [6.07, 6.45) is 4.12. The van der Waals surface area contributed by atoms with Gasteiger partial charge >= 0.3 is 5.97 Å². The fourth-order valence-electron chi connectivity index (χ4n) is 5.89. The molecule has 1 saturated carbocycles. The number of nitrogens with one attached hydrogen (secondary N) is 1. The maximum Gasteiger partial charge on any atom is 0.306 e. The molecule has 0 aromatic heterocycles. The predicted octanol–water partition coefficient (Wildman–Crippen LogP) is 6.73. The molecule has 1 fully saturated rings. The fourth-order valence-corrected chi connectivity index (χ4v) is 5.89. The summed E-state index contributed by atoms with van der Waals surface area (Å²) in [5.41, 5.74) is 2.32. The number of rotatable bonds is 10. The quantitative estimate of drug-likeness (QED) is 0.256. The molecule has 2 aliphatic rings. The lowest BCUT2D eigenvalue weighted by molar-refractivity contribution is -0.154. The van der Waals surface area contributed by atoms with Gasteiger partial charge < -0.3 is 14.8 Å². The molecule has 9 heteroatoms. The van der Waals surface area contributed by atoms with Crippen molar-refractivity contribution in [2.45, 2.75) is 77.4 Å². The number of nitrogens with zero attached hydrogens (tertiary/aromatic N) is 2. The van der Waals surface area contributed by atoms with E-state index in [2.05, 4.69) is 10.4 Å². The highest BCUT2D eigenvalue weighted by Crippen LogP contribution is 2.38. The lowest BCUT2D eigenvalue weighted by Gasteiger charge is -2.25. The van der Waals surface area contributed by atoms with E-state index in [9.17, 15) is 14.4 Å². The molecule has 0 saturated heterocycles. The molecule has 5 rings (SSSR count). The van der Waals surface area contributed by atoms with E-state index in [0.29, 0.717) is 11.5 Å². The molecule has 1 heterocycles. The van der Waals surface area contributed by atoms with E-state index in [1.54, 1.807) is 39.0 Å². The number of amides is 2. The van der Waals surface area contributed by atoms with Crippen molar-refractivity contribution in [1.29, 1.82) is 0 Å². The van der Waals surface area contributed by atoms with E-state index < -0.39 is 23.3 Å². The first-order valence-electron chi connectivity index (χ1n) is 15.5. The third kappa shape index (κ3) is 8.35. The van der Waals surface area contributed by atoms with Gasteiger partial charge in [0.25, 0.3) is 5.91 Å². The molecule has 0 unspecified atom stereocenters. The number of anilines is 1. The number of benzene rings is 3. The molecule has 3 aromatic carbocycles. The van der Waals surface area contributed by atoms with Crippen LogP contribution in [0.5, 0.6) is 0 Å². The Bertz CT molecular complexity index is 1540. The molecule has 2 amide bonds. The number of hydrazone groups is 1. The number of carbonyl (C=O) groups excluding carboxylic acids is 3. The Morgan fingerprint density at radius 2 is 1.73 bits per heavy atom. The van der Waals surface area contributed by atoms with E-state index in [4.69, 9.17) is 9.47 Å². The van der Waals surface area contributed by atoms with Crippen molar-refractivity contribution >= 4 is 29.4 Å². The Hall–Kier alpha value is -4.53. The van der Waals surface area contributed by atoms with Crippen LogP contribution in [0.15, 0.2) is 77.9 Å². The fraction of sp³-hybridized carbons (Fsp3) is 0.389. The van der Waals surface area contributed by atoms with Gasteiger partial charge in [-0.3, -0.25) is 14.4 Å². The van der Waals surface area contributed by atoms with Crippen molar-refractivity contribution in [3.63, 3.8) is 0 Å². The van der Waals surface area contributed by atoms with Crippen molar-refractivity contribution in [3.8, 4) is 0 Å². The third-order valence-corrected chi connectivity index (χ3v) is 8.03. The van der Waals surface area contributed by atoms with Gasteiger partial charge in [-0.25, -0.2) is 9.40 Å². The molecule has 1 atom stereocenters. The van der Waals surface area contributed by atoms with E-state index in [-0.39, 0.29) is 49.4 Å². The maximum absolute atomic E-state index is 15.5. The summed E-state index contributed by atoms with van der Waals surface area (Å²) in [4.78, 5) is 38.5. The number of halogens is 1. The smallest absolute Gasteiger partial charge is 0.306 e. The standard InChI is InChI=1S/C36H40FN3O5/c1-36(2,3)45-31(42)21-20-27-14-9-15-29(33(27)37)38-34(43)32(25-10-7-8-11-25)26-18-16-24(17-19-26)22-40-30(41)23-44-35(39-40)28-12-5-4-6-13-28/h4-6,9,12-19,25,32H,7-8,10-11,20-23H2,1-3H3,(H,38,43)/t32-/m0/s1. The molecule has 0 spiro atoms. The number of aryl methyl sites for hydroxylation is 1. The highest BCUT2D eigenvalue weighted by molar-refractivity contribution is 5.98. The van der Waals surface area contributed by atoms with Crippen LogP contribution in [-0.2, 0) is 36.8 Å². The Balaban J connectivity index is 1.29. The normalized spacial score (nSPS) is 16.1. The van der Waals surface area contributed by atoms with Gasteiger partial charge in [0.2, 0.25) is 11.8 Å². The highest BCUT2D eigenvalue weighted by Gasteiger charge is 2.33. The van der Waals surface area contributed by atoms with Gasteiger partial charge in [-0.2, -0.15) is 0 Å². The Labute approximate surface area is 263 Å². The Morgan fingerprint density at radius 1 is 1.02 bits per heavy atom. The monoisotopic (exact) mass is 613 g/mol. The molecule has 45 heavy (non-hydrogen) atoms. The maximum atomic E-state index is 15.5. The molecule has 1 N–H and O–H groups in total. The summed E-state index contributed by atoms with van der Waals surface area (Å²) in [6.45, 7) is 5.54. The minimum atomic E-state index is -0.612. The summed E-state index contributed by atoms with van der Waals surface area (Å²) in [5.74, 6) is -1.38. The van der Waals surface area contributed by atoms with Gasteiger partial charge in [0.05, 0.1) is 18.2 Å². The minimum absolute atomic E-state index is 0.0393. The molecule has 236 valence electrons. The van der Waals surface area contributed by atoms with Crippen LogP contribution in [0, 0.1) is 11.7 Å². The van der Waals surface area contributed by atoms with Gasteiger partial charge in [0, 0.05) is 12.0 Å². The minimum Gasteiger partial charge on any atom is -0.466 e. The van der Waals surface area contributed by atoms with E-state index in [1.165, 1.54) is 5.01 Å². The SMILES string of the molecule is CC(C)(C)OC(=O)CCc1cccc(NC(=O)[C@H](c2ccc(CN3N=C(c4ccccc4)OCC3=O)cc2)C2CCCC2)c1F. The summed E-state index contributed by atoms with van der Waals surface area (Å²) < 4.78 is 26.4. The van der Waals surface area contributed by atoms with Crippen LogP contribution in [0.25, 0.3) is 0 Å². The van der Waals surface area contributed by atoms with Crippen LogP contribution in [0.1, 0.15) is 81.0 Å². The lowest BCUT2D eigenvalue weighted by Crippen LogP contribution is -2.36. The van der Waals surface area contributed by atoms with Crippen molar-refractivity contribution in [1.82, 2.24) is 5.01 Å². The number of hydrogen-bond acceptors (Lipinski definition) is 6. The van der Waals surface area contributed by atoms with Crippen molar-refractivity contribution in [2.24, 2.45) is 11.0 Å². The second kappa shape index (κ2) is 14.1. The average molecular weight is 614 g/mol. The van der Waals surface area contributed by atoms with Crippen LogP contribution in [0.4, 0.5) is 10.1 Å². The number of ether oxygens (including phenoxy) is 2. The topological polar surface area (TPSA) is 97.3 Å². The first-order valence-corrected chi connectivity index (χ1v) is 15.5. The second-order valence-electron chi connectivity index (χ2n) is 12.6. The molecule has 0 bridgehead atoms. The molecule has 1 aliphatic carbocycles. The lowest BCUT2D eigenvalue weighted by atomic mass is 9.83.